The summed E-state index contributed by atoms with van der Waals surface area (Å²) >= 11 is 0. The molecule has 0 aliphatic carbocycles. The molecule has 0 saturated heterocycles. The number of carboxylic acids is 1. The molecule has 3 aromatic carbocycles. The minimum Gasteiger partial charge on any atom is -0.493 e. The third-order valence-electron chi connectivity index (χ3n) is 6.37. The fourth-order valence-electron chi connectivity index (χ4n) is 4.25. The number of ether oxygens (including phenoxy) is 1. The number of benzene rings is 3. The predicted octanol–water partition coefficient (Wildman–Crippen LogP) is 7.05. The summed E-state index contributed by atoms with van der Waals surface area (Å²) in [6.45, 7) is 8.12. The third-order valence-corrected chi connectivity index (χ3v) is 6.37. The zero-order chi connectivity index (χ0) is 28.5. The first-order chi connectivity index (χ1) is 18.6. The van der Waals surface area contributed by atoms with Crippen molar-refractivity contribution in [1.82, 2.24) is 5.32 Å². The lowest BCUT2D eigenvalue weighted by Gasteiger charge is -2.32. The first-order valence-electron chi connectivity index (χ1n) is 12.3. The van der Waals surface area contributed by atoms with Crippen molar-refractivity contribution >= 4 is 11.9 Å². The lowest BCUT2D eigenvalue weighted by molar-refractivity contribution is -0.138. The highest BCUT2D eigenvalue weighted by molar-refractivity contribution is 5.94. The molecule has 0 atom stereocenters. The smallest absolute Gasteiger partial charge is 0.416 e. The van der Waals surface area contributed by atoms with Gasteiger partial charge in [-0.05, 0) is 65.9 Å². The van der Waals surface area contributed by atoms with Crippen LogP contribution in [-0.2, 0) is 16.4 Å². The summed E-state index contributed by atoms with van der Waals surface area (Å²) in [7, 11) is 0. The molecule has 3 rings (SSSR count). The maximum absolute atomic E-state index is 12.8. The molecule has 0 radical (unpaired) electrons. The number of hydrogen-bond donors (Lipinski definition) is 2. The van der Waals surface area contributed by atoms with Crippen molar-refractivity contribution in [3.63, 3.8) is 0 Å². The summed E-state index contributed by atoms with van der Waals surface area (Å²) in [5.74, 6) is -0.749. The van der Waals surface area contributed by atoms with E-state index in [1.807, 2.05) is 12.1 Å². The van der Waals surface area contributed by atoms with Crippen molar-refractivity contribution < 1.29 is 32.6 Å². The number of aliphatic carboxylic acids is 1. The van der Waals surface area contributed by atoms with Gasteiger partial charge in [0.1, 0.15) is 5.75 Å². The molecule has 0 bridgehead atoms. The van der Waals surface area contributed by atoms with Crippen molar-refractivity contribution in [3.05, 3.63) is 115 Å². The quantitative estimate of drug-likeness (QED) is 0.229. The molecule has 39 heavy (non-hydrogen) atoms. The Morgan fingerprint density at radius 3 is 1.82 bits per heavy atom. The molecule has 0 unspecified atom stereocenters. The highest BCUT2D eigenvalue weighted by atomic mass is 19.4. The molecule has 8 heteroatoms. The summed E-state index contributed by atoms with van der Waals surface area (Å²) in [6.07, 6.45) is 0.211. The van der Waals surface area contributed by atoms with Crippen LogP contribution in [0.1, 0.15) is 40.7 Å². The SMILES string of the molecule is C=CCC(CC=C)(COc1ccc(-c2ccc(C(F)(F)F)cc2)cc1)c1ccc(C(=O)NCCC(=O)O)cc1. The van der Waals surface area contributed by atoms with E-state index in [4.69, 9.17) is 9.84 Å². The van der Waals surface area contributed by atoms with Crippen LogP contribution in [0.3, 0.4) is 0 Å². The van der Waals surface area contributed by atoms with Crippen molar-refractivity contribution in [2.24, 2.45) is 0 Å². The molecule has 0 saturated carbocycles. The van der Waals surface area contributed by atoms with Gasteiger partial charge >= 0.3 is 12.1 Å². The molecule has 0 spiro atoms. The second kappa shape index (κ2) is 13.0. The molecule has 2 N–H and O–H groups in total. The topological polar surface area (TPSA) is 75.6 Å². The number of alkyl halides is 3. The van der Waals surface area contributed by atoms with Crippen molar-refractivity contribution in [1.29, 1.82) is 0 Å². The molecular formula is C31H30F3NO4. The van der Waals surface area contributed by atoms with Gasteiger partial charge in [-0.3, -0.25) is 9.59 Å². The van der Waals surface area contributed by atoms with Crippen LogP contribution in [0, 0.1) is 0 Å². The van der Waals surface area contributed by atoms with Crippen LogP contribution in [0.25, 0.3) is 11.1 Å². The second-order valence-electron chi connectivity index (χ2n) is 9.13. The molecule has 0 heterocycles. The van der Waals surface area contributed by atoms with E-state index >= 15 is 0 Å². The first-order valence-corrected chi connectivity index (χ1v) is 12.3. The van der Waals surface area contributed by atoms with Crippen molar-refractivity contribution in [2.45, 2.75) is 30.9 Å². The largest absolute Gasteiger partial charge is 0.493 e. The summed E-state index contributed by atoms with van der Waals surface area (Å²) in [6, 6.07) is 19.2. The van der Waals surface area contributed by atoms with Crippen LogP contribution in [0.5, 0.6) is 5.75 Å². The number of carbonyl (C=O) groups excluding carboxylic acids is 1. The number of hydrogen-bond acceptors (Lipinski definition) is 3. The first kappa shape index (κ1) is 29.2. The number of rotatable bonds is 13. The van der Waals surface area contributed by atoms with Gasteiger partial charge in [-0.1, -0.05) is 48.6 Å². The van der Waals surface area contributed by atoms with Gasteiger partial charge in [-0.15, -0.1) is 13.2 Å². The van der Waals surface area contributed by atoms with Gasteiger partial charge in [0.15, 0.2) is 0 Å². The Balaban J connectivity index is 1.74. The lowest BCUT2D eigenvalue weighted by Crippen LogP contribution is -2.33. The van der Waals surface area contributed by atoms with Gasteiger partial charge in [0.2, 0.25) is 0 Å². The molecule has 0 aromatic heterocycles. The fraction of sp³-hybridized carbons (Fsp3) is 0.226. The van der Waals surface area contributed by atoms with E-state index in [-0.39, 0.29) is 25.5 Å². The maximum Gasteiger partial charge on any atom is 0.416 e. The van der Waals surface area contributed by atoms with E-state index in [1.54, 1.807) is 48.6 Å². The Bertz CT molecular complexity index is 1270. The number of halogens is 3. The van der Waals surface area contributed by atoms with E-state index in [2.05, 4.69) is 18.5 Å². The minimum absolute atomic E-state index is 0.0400. The number of amides is 1. The fourth-order valence-corrected chi connectivity index (χ4v) is 4.25. The van der Waals surface area contributed by atoms with Gasteiger partial charge in [0, 0.05) is 17.5 Å². The number of carbonyl (C=O) groups is 2. The molecule has 3 aromatic rings. The Kier molecular flexibility index (Phi) is 9.71. The molecule has 5 nitrogen and oxygen atoms in total. The Hall–Kier alpha value is -4.33. The van der Waals surface area contributed by atoms with E-state index in [9.17, 15) is 22.8 Å². The summed E-state index contributed by atoms with van der Waals surface area (Å²) < 4.78 is 44.7. The van der Waals surface area contributed by atoms with E-state index in [0.717, 1.165) is 23.3 Å². The Morgan fingerprint density at radius 2 is 1.33 bits per heavy atom. The number of nitrogens with one attached hydrogen (secondary N) is 1. The Morgan fingerprint density at radius 1 is 0.821 bits per heavy atom. The van der Waals surface area contributed by atoms with E-state index in [1.165, 1.54) is 12.1 Å². The molecule has 204 valence electrons. The van der Waals surface area contributed by atoms with Gasteiger partial charge in [0.05, 0.1) is 18.6 Å². The minimum atomic E-state index is -4.38. The van der Waals surface area contributed by atoms with Gasteiger partial charge in [-0.2, -0.15) is 13.2 Å². The second-order valence-corrected chi connectivity index (χ2v) is 9.13. The van der Waals surface area contributed by atoms with Gasteiger partial charge in [0.25, 0.3) is 5.91 Å². The normalized spacial score (nSPS) is 11.5. The summed E-state index contributed by atoms with van der Waals surface area (Å²) in [5, 5.41) is 11.3. The highest BCUT2D eigenvalue weighted by Crippen LogP contribution is 2.35. The molecule has 0 aliphatic rings. The summed E-state index contributed by atoms with van der Waals surface area (Å²) in [5.41, 5.74) is 1.55. The average molecular weight is 538 g/mol. The van der Waals surface area contributed by atoms with Crippen LogP contribution in [0.4, 0.5) is 13.2 Å². The van der Waals surface area contributed by atoms with Crippen molar-refractivity contribution in [3.8, 4) is 16.9 Å². The van der Waals surface area contributed by atoms with Crippen LogP contribution < -0.4 is 10.1 Å². The molecular weight excluding hydrogens is 507 g/mol. The van der Waals surface area contributed by atoms with E-state index in [0.29, 0.717) is 29.7 Å². The number of carboxylic acid groups (broad SMARTS) is 1. The third kappa shape index (κ3) is 7.83. The van der Waals surface area contributed by atoms with E-state index < -0.39 is 23.1 Å². The number of allylic oxidation sites excluding steroid dienone is 2. The average Bonchev–Trinajstić information content (AvgIpc) is 2.92. The molecule has 0 fully saturated rings. The monoisotopic (exact) mass is 537 g/mol. The zero-order valence-corrected chi connectivity index (χ0v) is 21.3. The van der Waals surface area contributed by atoms with Crippen LogP contribution in [0.2, 0.25) is 0 Å². The molecule has 0 aliphatic heterocycles. The summed E-state index contributed by atoms with van der Waals surface area (Å²) in [4.78, 5) is 23.0. The predicted molar refractivity (Wildman–Crippen MR) is 145 cm³/mol. The maximum atomic E-state index is 12.8. The van der Waals surface area contributed by atoms with Gasteiger partial charge in [-0.25, -0.2) is 0 Å². The Labute approximate surface area is 225 Å². The van der Waals surface area contributed by atoms with Crippen LogP contribution in [-0.4, -0.2) is 30.1 Å². The van der Waals surface area contributed by atoms with Gasteiger partial charge < -0.3 is 15.2 Å². The lowest BCUT2D eigenvalue weighted by atomic mass is 9.75. The van der Waals surface area contributed by atoms with Crippen molar-refractivity contribution in [2.75, 3.05) is 13.2 Å². The van der Waals surface area contributed by atoms with Crippen LogP contribution in [0.15, 0.2) is 98.1 Å². The zero-order valence-electron chi connectivity index (χ0n) is 21.3. The molecule has 1 amide bonds. The standard InChI is InChI=1S/C31H30F3NO4/c1-3-18-30(19-4-2,25-11-7-24(8-12-25)29(38)35-20-17-28(36)37)21-39-27-15-9-23(10-16-27)22-5-13-26(14-6-22)31(32,33)34/h3-16H,1-2,17-21H2,(H,35,38)(H,36,37). The van der Waals surface area contributed by atoms with Crippen LogP contribution >= 0.6 is 0 Å². The highest BCUT2D eigenvalue weighted by Gasteiger charge is 2.32.